The molecule has 2 N–H and O–H groups in total. The highest BCUT2D eigenvalue weighted by molar-refractivity contribution is 7.46. The number of ketones is 1. The molecule has 0 saturated heterocycles. The molecule has 0 aliphatic carbocycles. The molecule has 0 spiro atoms. The minimum Gasteiger partial charge on any atom is -0.303 e. The van der Waals surface area contributed by atoms with Crippen LogP contribution in [0.1, 0.15) is 19.8 Å². The van der Waals surface area contributed by atoms with Crippen molar-refractivity contribution in [3.63, 3.8) is 0 Å². The van der Waals surface area contributed by atoms with Gasteiger partial charge in [-0.15, -0.1) is 0 Å². The van der Waals surface area contributed by atoms with Crippen molar-refractivity contribution in [2.45, 2.75) is 19.8 Å². The molecule has 0 aliphatic rings. The first-order valence-electron chi connectivity index (χ1n) is 3.11. The number of phosphoric acid groups is 1. The minimum absolute atomic E-state index is 0.0145. The lowest BCUT2D eigenvalue weighted by atomic mass is 10.2. The van der Waals surface area contributed by atoms with E-state index in [-0.39, 0.29) is 12.4 Å². The second-order valence-corrected chi connectivity index (χ2v) is 3.37. The van der Waals surface area contributed by atoms with Crippen LogP contribution in [0.15, 0.2) is 0 Å². The average Bonchev–Trinajstić information content (AvgIpc) is 1.78. The van der Waals surface area contributed by atoms with Crippen molar-refractivity contribution in [1.82, 2.24) is 0 Å². The maximum atomic E-state index is 10.3. The highest BCUT2D eigenvalue weighted by Gasteiger charge is 2.12. The Morgan fingerprint density at radius 1 is 1.55 bits per heavy atom. The van der Waals surface area contributed by atoms with Gasteiger partial charge in [-0.25, -0.2) is 4.57 Å². The summed E-state index contributed by atoms with van der Waals surface area (Å²) in [5, 5.41) is 0. The van der Waals surface area contributed by atoms with Crippen LogP contribution in [0.4, 0.5) is 0 Å². The number of phosphoric ester groups is 1. The van der Waals surface area contributed by atoms with Crippen molar-refractivity contribution in [3.8, 4) is 0 Å². The zero-order chi connectivity index (χ0) is 8.91. The maximum absolute atomic E-state index is 10.3. The van der Waals surface area contributed by atoms with E-state index >= 15 is 0 Å². The van der Waals surface area contributed by atoms with Crippen molar-refractivity contribution >= 4 is 13.6 Å². The van der Waals surface area contributed by atoms with Crippen molar-refractivity contribution in [2.75, 3.05) is 6.61 Å². The molecule has 0 aromatic heterocycles. The first-order valence-corrected chi connectivity index (χ1v) is 4.64. The molecule has 0 saturated carbocycles. The van der Waals surface area contributed by atoms with Crippen molar-refractivity contribution < 1.29 is 23.7 Å². The van der Waals surface area contributed by atoms with E-state index in [1.165, 1.54) is 6.92 Å². The molecule has 0 heterocycles. The van der Waals surface area contributed by atoms with Gasteiger partial charge in [-0.05, 0) is 13.3 Å². The monoisotopic (exact) mass is 182 g/mol. The fourth-order valence-electron chi connectivity index (χ4n) is 0.505. The van der Waals surface area contributed by atoms with Crippen molar-refractivity contribution in [3.05, 3.63) is 0 Å². The molecule has 0 amide bonds. The second kappa shape index (κ2) is 4.62. The molecular weight excluding hydrogens is 171 g/mol. The Labute approximate surface area is 64.6 Å². The minimum atomic E-state index is -4.34. The first kappa shape index (κ1) is 10.8. The Bertz CT molecular complexity index is 172. The number of carbonyl (C=O) groups is 1. The largest absolute Gasteiger partial charge is 0.469 e. The van der Waals surface area contributed by atoms with Crippen LogP contribution >= 0.6 is 7.82 Å². The average molecular weight is 182 g/mol. The summed E-state index contributed by atoms with van der Waals surface area (Å²) in [5.74, 6) is -0.0145. The van der Waals surface area contributed by atoms with Gasteiger partial charge in [-0.2, -0.15) is 0 Å². The van der Waals surface area contributed by atoms with Crippen LogP contribution in [0.3, 0.4) is 0 Å². The van der Waals surface area contributed by atoms with Gasteiger partial charge < -0.3 is 14.6 Å². The quantitative estimate of drug-likeness (QED) is 0.476. The summed E-state index contributed by atoms with van der Waals surface area (Å²) >= 11 is 0. The van der Waals surface area contributed by atoms with E-state index in [0.29, 0.717) is 12.8 Å². The van der Waals surface area contributed by atoms with E-state index in [4.69, 9.17) is 9.79 Å². The highest BCUT2D eigenvalue weighted by atomic mass is 31.2. The number of Topliss-reactive ketones (excluding diaryl/α,β-unsaturated/α-hetero) is 1. The third-order valence-electron chi connectivity index (χ3n) is 0.933. The van der Waals surface area contributed by atoms with E-state index in [9.17, 15) is 9.36 Å². The molecule has 5 nitrogen and oxygen atoms in total. The van der Waals surface area contributed by atoms with Gasteiger partial charge >= 0.3 is 7.82 Å². The molecule has 0 rings (SSSR count). The van der Waals surface area contributed by atoms with Gasteiger partial charge in [0.2, 0.25) is 0 Å². The van der Waals surface area contributed by atoms with Crippen LogP contribution in [-0.4, -0.2) is 22.2 Å². The smallest absolute Gasteiger partial charge is 0.303 e. The molecule has 11 heavy (non-hydrogen) atoms. The number of carbonyl (C=O) groups excluding carboxylic acids is 1. The number of hydrogen-bond donors (Lipinski definition) is 2. The summed E-state index contributed by atoms with van der Waals surface area (Å²) in [5.41, 5.74) is 0. The Kier molecular flexibility index (Phi) is 4.52. The van der Waals surface area contributed by atoms with Crippen LogP contribution < -0.4 is 0 Å². The van der Waals surface area contributed by atoms with E-state index < -0.39 is 7.82 Å². The van der Waals surface area contributed by atoms with Crippen molar-refractivity contribution in [1.29, 1.82) is 0 Å². The van der Waals surface area contributed by atoms with Crippen LogP contribution in [0.5, 0.6) is 0 Å². The van der Waals surface area contributed by atoms with Gasteiger partial charge in [0.1, 0.15) is 5.78 Å². The molecule has 0 unspecified atom stereocenters. The van der Waals surface area contributed by atoms with Gasteiger partial charge in [0.05, 0.1) is 6.61 Å². The summed E-state index contributed by atoms with van der Waals surface area (Å²) < 4.78 is 14.2. The van der Waals surface area contributed by atoms with E-state index in [1.807, 2.05) is 0 Å². The highest BCUT2D eigenvalue weighted by Crippen LogP contribution is 2.35. The molecule has 0 aliphatic heterocycles. The SMILES string of the molecule is CC(=O)CCCOP(=O)(O)O. The maximum Gasteiger partial charge on any atom is 0.469 e. The summed E-state index contributed by atoms with van der Waals surface area (Å²) in [6.45, 7) is 1.33. The molecule has 66 valence electrons. The van der Waals surface area contributed by atoms with Gasteiger partial charge in [-0.1, -0.05) is 0 Å². The molecule has 6 heteroatoms. The zero-order valence-corrected chi connectivity index (χ0v) is 7.08. The van der Waals surface area contributed by atoms with Crippen LogP contribution in [0, 0.1) is 0 Å². The lowest BCUT2D eigenvalue weighted by Gasteiger charge is -2.02. The lowest BCUT2D eigenvalue weighted by Crippen LogP contribution is -1.96. The topological polar surface area (TPSA) is 83.8 Å². The lowest BCUT2D eigenvalue weighted by molar-refractivity contribution is -0.117. The third kappa shape index (κ3) is 9.78. The molecule has 0 bridgehead atoms. The van der Waals surface area contributed by atoms with Gasteiger partial charge in [0.25, 0.3) is 0 Å². The van der Waals surface area contributed by atoms with Crippen molar-refractivity contribution in [2.24, 2.45) is 0 Å². The molecule has 0 atom stereocenters. The standard InChI is InChI=1S/C5H11O5P/c1-5(6)3-2-4-10-11(7,8)9/h2-4H2,1H3,(H2,7,8,9). The Morgan fingerprint density at radius 2 is 2.09 bits per heavy atom. The summed E-state index contributed by atoms with van der Waals surface area (Å²) in [4.78, 5) is 26.7. The van der Waals surface area contributed by atoms with Crippen LogP contribution in [0.2, 0.25) is 0 Å². The van der Waals surface area contributed by atoms with E-state index in [2.05, 4.69) is 4.52 Å². The first-order chi connectivity index (χ1) is 4.92. The fourth-order valence-corrected chi connectivity index (χ4v) is 0.872. The predicted molar refractivity (Wildman–Crippen MR) is 37.9 cm³/mol. The molecule has 0 aromatic rings. The van der Waals surface area contributed by atoms with Gasteiger partial charge in [0.15, 0.2) is 0 Å². The normalized spacial score (nSPS) is 11.5. The van der Waals surface area contributed by atoms with Gasteiger partial charge in [0, 0.05) is 6.42 Å². The summed E-state index contributed by atoms with van der Waals surface area (Å²) in [7, 11) is -4.34. The van der Waals surface area contributed by atoms with Crippen LogP contribution in [-0.2, 0) is 13.9 Å². The summed E-state index contributed by atoms with van der Waals surface area (Å²) in [6, 6.07) is 0. The third-order valence-corrected chi connectivity index (χ3v) is 1.45. The number of rotatable bonds is 5. The molecule has 0 radical (unpaired) electrons. The fraction of sp³-hybridized carbons (Fsp3) is 0.800. The molecular formula is C5H11O5P. The Hall–Kier alpha value is -0.220. The summed E-state index contributed by atoms with van der Waals surface area (Å²) in [6.07, 6.45) is 0.639. The second-order valence-electron chi connectivity index (χ2n) is 2.13. The van der Waals surface area contributed by atoms with E-state index in [0.717, 1.165) is 0 Å². The molecule has 0 fully saturated rings. The Morgan fingerprint density at radius 3 is 2.45 bits per heavy atom. The number of hydrogen-bond acceptors (Lipinski definition) is 3. The molecule has 0 aromatic carbocycles. The zero-order valence-electron chi connectivity index (χ0n) is 6.19. The van der Waals surface area contributed by atoms with Gasteiger partial charge in [-0.3, -0.25) is 4.52 Å². The van der Waals surface area contributed by atoms with Crippen LogP contribution in [0.25, 0.3) is 0 Å². The van der Waals surface area contributed by atoms with E-state index in [1.54, 1.807) is 0 Å². The Balaban J connectivity index is 3.29. The predicted octanol–water partition coefficient (Wildman–Crippen LogP) is 0.465.